The topological polar surface area (TPSA) is 64.9 Å². The number of carbonyl (C=O) groups excluding carboxylic acids is 1. The molecule has 1 aliphatic heterocycles. The first-order valence-corrected chi connectivity index (χ1v) is 6.44. The molecule has 1 fully saturated rings. The molecule has 2 rings (SSSR count). The zero-order valence-electron chi connectivity index (χ0n) is 11.3. The van der Waals surface area contributed by atoms with Crippen molar-refractivity contribution in [2.75, 3.05) is 11.9 Å². The maximum Gasteiger partial charge on any atom is 0.417 e. The van der Waals surface area contributed by atoms with Crippen LogP contribution >= 0.6 is 0 Å². The highest BCUT2D eigenvalue weighted by Gasteiger charge is 2.37. The Kier molecular flexibility index (Phi) is 3.92. The quantitative estimate of drug-likeness (QED) is 0.882. The second kappa shape index (κ2) is 5.37. The van der Waals surface area contributed by atoms with Gasteiger partial charge in [0, 0.05) is 5.69 Å². The molecule has 112 valence electrons. The molecule has 4 nitrogen and oxygen atoms in total. The normalized spacial score (nSPS) is 21.9. The van der Waals surface area contributed by atoms with E-state index in [1.165, 1.54) is 12.1 Å². The van der Waals surface area contributed by atoms with Crippen molar-refractivity contribution in [2.24, 2.45) is 0 Å². The first-order chi connectivity index (χ1) is 9.76. The van der Waals surface area contributed by atoms with E-state index < -0.39 is 22.8 Å². The van der Waals surface area contributed by atoms with Crippen molar-refractivity contribution in [3.05, 3.63) is 29.3 Å². The summed E-state index contributed by atoms with van der Waals surface area (Å²) in [7, 11) is 0. The first kappa shape index (κ1) is 15.3. The zero-order valence-corrected chi connectivity index (χ0v) is 11.3. The van der Waals surface area contributed by atoms with Crippen LogP contribution in [0.1, 0.15) is 30.9 Å². The largest absolute Gasteiger partial charge is 0.417 e. The lowest BCUT2D eigenvalue weighted by Crippen LogP contribution is -2.47. The molecule has 1 heterocycles. The molecular formula is C14H14F3N3O. The number of hydrogen-bond donors (Lipinski definition) is 2. The minimum Gasteiger partial charge on any atom is -0.324 e. The maximum atomic E-state index is 12.9. The van der Waals surface area contributed by atoms with Crippen LogP contribution in [-0.2, 0) is 11.0 Å². The van der Waals surface area contributed by atoms with Crippen molar-refractivity contribution in [1.29, 1.82) is 5.26 Å². The molecule has 0 radical (unpaired) electrons. The fourth-order valence-electron chi connectivity index (χ4n) is 2.31. The van der Waals surface area contributed by atoms with Crippen LogP contribution < -0.4 is 10.6 Å². The standard InChI is InChI=1S/C14H14F3N3O/c1-13(5-2-6-19-13)12(21)20-10-4-3-9(8-18)11(7-10)14(15,16)17/h3-4,7,19H,2,5-6H2,1H3,(H,20,21). The number of nitriles is 1. The van der Waals surface area contributed by atoms with Gasteiger partial charge in [0.1, 0.15) is 0 Å². The lowest BCUT2D eigenvalue weighted by molar-refractivity contribution is -0.137. The Hall–Kier alpha value is -2.07. The minimum atomic E-state index is -4.64. The second-order valence-corrected chi connectivity index (χ2v) is 5.19. The molecule has 0 aromatic heterocycles. The van der Waals surface area contributed by atoms with E-state index in [1.807, 2.05) is 0 Å². The lowest BCUT2D eigenvalue weighted by Gasteiger charge is -2.23. The van der Waals surface area contributed by atoms with Gasteiger partial charge >= 0.3 is 6.18 Å². The van der Waals surface area contributed by atoms with E-state index in [9.17, 15) is 18.0 Å². The molecule has 0 bridgehead atoms. The lowest BCUT2D eigenvalue weighted by atomic mass is 9.99. The van der Waals surface area contributed by atoms with E-state index in [4.69, 9.17) is 5.26 Å². The third kappa shape index (κ3) is 3.16. The highest BCUT2D eigenvalue weighted by atomic mass is 19.4. The minimum absolute atomic E-state index is 0.0289. The average Bonchev–Trinajstić information content (AvgIpc) is 2.86. The number of benzene rings is 1. The summed E-state index contributed by atoms with van der Waals surface area (Å²) in [5.41, 5.74) is -2.26. The number of anilines is 1. The molecule has 21 heavy (non-hydrogen) atoms. The van der Waals surface area contributed by atoms with E-state index in [2.05, 4.69) is 10.6 Å². The van der Waals surface area contributed by atoms with E-state index in [1.54, 1.807) is 6.92 Å². The summed E-state index contributed by atoms with van der Waals surface area (Å²) in [4.78, 5) is 12.1. The summed E-state index contributed by atoms with van der Waals surface area (Å²) in [5.74, 6) is -0.377. The van der Waals surface area contributed by atoms with Gasteiger partial charge in [0.15, 0.2) is 0 Å². The van der Waals surface area contributed by atoms with Gasteiger partial charge in [-0.3, -0.25) is 4.79 Å². The number of halogens is 3. The van der Waals surface area contributed by atoms with Crippen LogP contribution in [0.25, 0.3) is 0 Å². The van der Waals surface area contributed by atoms with Gasteiger partial charge in [0.05, 0.1) is 22.7 Å². The summed E-state index contributed by atoms with van der Waals surface area (Å²) in [6, 6.07) is 4.64. The van der Waals surface area contributed by atoms with Crippen LogP contribution in [0.3, 0.4) is 0 Å². The Bertz CT molecular complexity index is 598. The Balaban J connectivity index is 2.26. The third-order valence-electron chi connectivity index (χ3n) is 3.57. The molecule has 0 spiro atoms. The SMILES string of the molecule is CC1(C(=O)Nc2ccc(C#N)c(C(F)(F)F)c2)CCCN1. The third-order valence-corrected chi connectivity index (χ3v) is 3.57. The van der Waals surface area contributed by atoms with Crippen molar-refractivity contribution in [2.45, 2.75) is 31.5 Å². The van der Waals surface area contributed by atoms with E-state index in [-0.39, 0.29) is 11.6 Å². The number of hydrogen-bond acceptors (Lipinski definition) is 3. The smallest absolute Gasteiger partial charge is 0.324 e. The van der Waals surface area contributed by atoms with Crippen molar-refractivity contribution in [1.82, 2.24) is 5.32 Å². The maximum absolute atomic E-state index is 12.9. The summed E-state index contributed by atoms with van der Waals surface area (Å²) < 4.78 is 38.6. The van der Waals surface area contributed by atoms with E-state index in [0.29, 0.717) is 13.0 Å². The fraction of sp³-hybridized carbons (Fsp3) is 0.429. The van der Waals surface area contributed by atoms with E-state index in [0.717, 1.165) is 18.6 Å². The molecule has 1 aromatic rings. The van der Waals surface area contributed by atoms with Gasteiger partial charge < -0.3 is 10.6 Å². The van der Waals surface area contributed by atoms with Gasteiger partial charge in [-0.1, -0.05) is 0 Å². The average molecular weight is 297 g/mol. The highest BCUT2D eigenvalue weighted by Crippen LogP contribution is 2.33. The summed E-state index contributed by atoms with van der Waals surface area (Å²) in [6.07, 6.45) is -3.17. The summed E-state index contributed by atoms with van der Waals surface area (Å²) in [6.45, 7) is 2.41. The Morgan fingerprint density at radius 2 is 2.19 bits per heavy atom. The van der Waals surface area contributed by atoms with Crippen molar-refractivity contribution >= 4 is 11.6 Å². The van der Waals surface area contributed by atoms with Gasteiger partial charge in [0.2, 0.25) is 5.91 Å². The molecule has 0 saturated carbocycles. The number of nitrogens with zero attached hydrogens (tertiary/aromatic N) is 1. The molecule has 1 amide bonds. The molecule has 1 saturated heterocycles. The van der Waals surface area contributed by atoms with Crippen molar-refractivity contribution in [3.8, 4) is 6.07 Å². The van der Waals surface area contributed by atoms with Crippen LogP contribution in [0.15, 0.2) is 18.2 Å². The van der Waals surface area contributed by atoms with Crippen molar-refractivity contribution in [3.63, 3.8) is 0 Å². The Labute approximate surface area is 119 Å². The van der Waals surface area contributed by atoms with Gasteiger partial charge in [-0.2, -0.15) is 18.4 Å². The molecule has 1 atom stereocenters. The van der Waals surface area contributed by atoms with Crippen LogP contribution in [0.2, 0.25) is 0 Å². The molecule has 1 aromatic carbocycles. The summed E-state index contributed by atoms with van der Waals surface area (Å²) in [5, 5.41) is 14.2. The molecule has 1 unspecified atom stereocenters. The number of alkyl halides is 3. The van der Waals surface area contributed by atoms with Crippen LogP contribution in [-0.4, -0.2) is 18.0 Å². The van der Waals surface area contributed by atoms with E-state index >= 15 is 0 Å². The predicted molar refractivity (Wildman–Crippen MR) is 70.4 cm³/mol. The first-order valence-electron chi connectivity index (χ1n) is 6.44. The van der Waals surface area contributed by atoms with Crippen LogP contribution in [0.4, 0.5) is 18.9 Å². The fourth-order valence-corrected chi connectivity index (χ4v) is 2.31. The molecule has 0 aliphatic carbocycles. The number of rotatable bonds is 2. The van der Waals surface area contributed by atoms with Crippen LogP contribution in [0.5, 0.6) is 0 Å². The van der Waals surface area contributed by atoms with Gasteiger partial charge in [-0.25, -0.2) is 0 Å². The van der Waals surface area contributed by atoms with Gasteiger partial charge in [-0.05, 0) is 44.5 Å². The number of amides is 1. The van der Waals surface area contributed by atoms with Crippen molar-refractivity contribution < 1.29 is 18.0 Å². The number of carbonyl (C=O) groups is 1. The van der Waals surface area contributed by atoms with Crippen LogP contribution in [0, 0.1) is 11.3 Å². The predicted octanol–water partition coefficient (Wildman–Crippen LogP) is 2.66. The van der Waals surface area contributed by atoms with Gasteiger partial charge in [0.25, 0.3) is 0 Å². The molecule has 2 N–H and O–H groups in total. The Morgan fingerprint density at radius 1 is 1.48 bits per heavy atom. The highest BCUT2D eigenvalue weighted by molar-refractivity contribution is 5.98. The summed E-state index contributed by atoms with van der Waals surface area (Å²) >= 11 is 0. The molecule has 7 heteroatoms. The monoisotopic (exact) mass is 297 g/mol. The number of nitrogens with one attached hydrogen (secondary N) is 2. The Morgan fingerprint density at radius 3 is 2.71 bits per heavy atom. The second-order valence-electron chi connectivity index (χ2n) is 5.19. The molecule has 1 aliphatic rings. The zero-order chi connectivity index (χ0) is 15.7. The molecular weight excluding hydrogens is 283 g/mol. The van der Waals surface area contributed by atoms with Gasteiger partial charge in [-0.15, -0.1) is 0 Å².